The molecule has 2 rings (SSSR count). The zero-order valence-electron chi connectivity index (χ0n) is 18.5. The SMILES string of the molecule is Cc1ccc(OCC(C)NC(=O)CN(c2cc(C)ccc2C)S(=O)(=O)N(C)C)cc1. The van der Waals surface area contributed by atoms with Crippen molar-refractivity contribution >= 4 is 21.8 Å². The first-order chi connectivity index (χ1) is 14.0. The Hall–Kier alpha value is -2.58. The predicted octanol–water partition coefficient (Wildman–Crippen LogP) is 2.81. The Balaban J connectivity index is 2.10. The Labute approximate surface area is 179 Å². The fourth-order valence-electron chi connectivity index (χ4n) is 2.82. The number of nitrogens with one attached hydrogen (secondary N) is 1. The van der Waals surface area contributed by atoms with Gasteiger partial charge in [-0.3, -0.25) is 4.79 Å². The number of rotatable bonds is 9. The summed E-state index contributed by atoms with van der Waals surface area (Å²) in [5.41, 5.74) is 3.31. The van der Waals surface area contributed by atoms with Gasteiger partial charge in [0.05, 0.1) is 11.7 Å². The minimum Gasteiger partial charge on any atom is -0.491 e. The number of carbonyl (C=O) groups is 1. The quantitative estimate of drug-likeness (QED) is 0.660. The monoisotopic (exact) mass is 433 g/mol. The number of benzene rings is 2. The van der Waals surface area contributed by atoms with Crippen molar-refractivity contribution in [2.24, 2.45) is 0 Å². The van der Waals surface area contributed by atoms with Gasteiger partial charge in [-0.05, 0) is 57.0 Å². The Morgan fingerprint density at radius 3 is 2.23 bits per heavy atom. The lowest BCUT2D eigenvalue weighted by molar-refractivity contribution is -0.120. The Morgan fingerprint density at radius 2 is 1.63 bits per heavy atom. The summed E-state index contributed by atoms with van der Waals surface area (Å²) in [6.45, 7) is 7.47. The fourth-order valence-corrected chi connectivity index (χ4v) is 3.94. The number of hydrogen-bond donors (Lipinski definition) is 1. The average Bonchev–Trinajstić information content (AvgIpc) is 2.67. The van der Waals surface area contributed by atoms with Crippen molar-refractivity contribution in [3.8, 4) is 5.75 Å². The zero-order chi connectivity index (χ0) is 22.5. The normalized spacial score (nSPS) is 12.5. The summed E-state index contributed by atoms with van der Waals surface area (Å²) in [6, 6.07) is 12.9. The third kappa shape index (κ3) is 6.21. The molecule has 164 valence electrons. The van der Waals surface area contributed by atoms with Gasteiger partial charge < -0.3 is 10.1 Å². The van der Waals surface area contributed by atoms with E-state index >= 15 is 0 Å². The van der Waals surface area contributed by atoms with Crippen LogP contribution in [0, 0.1) is 20.8 Å². The molecule has 1 N–H and O–H groups in total. The number of carbonyl (C=O) groups excluding carboxylic acids is 1. The van der Waals surface area contributed by atoms with E-state index in [4.69, 9.17) is 4.74 Å². The number of amides is 1. The summed E-state index contributed by atoms with van der Waals surface area (Å²) >= 11 is 0. The third-order valence-corrected chi connectivity index (χ3v) is 6.39. The molecule has 1 amide bonds. The van der Waals surface area contributed by atoms with Crippen molar-refractivity contribution in [1.82, 2.24) is 9.62 Å². The van der Waals surface area contributed by atoms with Crippen molar-refractivity contribution < 1.29 is 17.9 Å². The van der Waals surface area contributed by atoms with E-state index in [1.54, 1.807) is 6.07 Å². The van der Waals surface area contributed by atoms with Crippen LogP contribution >= 0.6 is 0 Å². The van der Waals surface area contributed by atoms with Gasteiger partial charge in [-0.1, -0.05) is 29.8 Å². The van der Waals surface area contributed by atoms with Gasteiger partial charge in [0.25, 0.3) is 0 Å². The number of ether oxygens (including phenoxy) is 1. The van der Waals surface area contributed by atoms with E-state index in [-0.39, 0.29) is 19.2 Å². The maximum atomic E-state index is 12.9. The summed E-state index contributed by atoms with van der Waals surface area (Å²) in [6.07, 6.45) is 0. The summed E-state index contributed by atoms with van der Waals surface area (Å²) in [7, 11) is -0.951. The van der Waals surface area contributed by atoms with Gasteiger partial charge in [-0.25, -0.2) is 4.31 Å². The highest BCUT2D eigenvalue weighted by atomic mass is 32.2. The Bertz CT molecular complexity index is 972. The van der Waals surface area contributed by atoms with E-state index in [0.29, 0.717) is 11.4 Å². The molecule has 0 saturated carbocycles. The largest absolute Gasteiger partial charge is 0.491 e. The molecular weight excluding hydrogens is 402 g/mol. The van der Waals surface area contributed by atoms with E-state index in [1.807, 2.05) is 64.1 Å². The van der Waals surface area contributed by atoms with Crippen LogP contribution in [0.4, 0.5) is 5.69 Å². The lowest BCUT2D eigenvalue weighted by Crippen LogP contribution is -2.48. The summed E-state index contributed by atoms with van der Waals surface area (Å²) in [5, 5.41) is 2.82. The maximum Gasteiger partial charge on any atom is 0.304 e. The molecular formula is C22H31N3O4S. The van der Waals surface area contributed by atoms with Gasteiger partial charge in [0.15, 0.2) is 0 Å². The van der Waals surface area contributed by atoms with Crippen LogP contribution < -0.4 is 14.4 Å². The molecule has 1 unspecified atom stereocenters. The van der Waals surface area contributed by atoms with Gasteiger partial charge in [0.2, 0.25) is 5.91 Å². The van der Waals surface area contributed by atoms with Crippen LogP contribution in [0.3, 0.4) is 0 Å². The molecule has 0 fully saturated rings. The molecule has 2 aromatic rings. The Morgan fingerprint density at radius 1 is 1.03 bits per heavy atom. The minimum absolute atomic E-state index is 0.276. The average molecular weight is 434 g/mol. The molecule has 7 nitrogen and oxygen atoms in total. The molecule has 0 aliphatic rings. The molecule has 30 heavy (non-hydrogen) atoms. The molecule has 8 heteroatoms. The van der Waals surface area contributed by atoms with Crippen LogP contribution in [0.15, 0.2) is 42.5 Å². The lowest BCUT2D eigenvalue weighted by atomic mass is 10.1. The maximum absolute atomic E-state index is 12.9. The molecule has 0 heterocycles. The molecule has 0 bridgehead atoms. The van der Waals surface area contributed by atoms with Crippen LogP contribution in [0.25, 0.3) is 0 Å². The standard InChI is InChI=1S/C22H31N3O4S/c1-16-8-11-20(12-9-16)29-15-19(4)23-22(26)14-25(30(27,28)24(5)6)21-13-17(2)7-10-18(21)3/h7-13,19H,14-15H2,1-6H3,(H,23,26). The van der Waals surface area contributed by atoms with Crippen molar-refractivity contribution in [1.29, 1.82) is 0 Å². The van der Waals surface area contributed by atoms with Crippen molar-refractivity contribution in [3.05, 3.63) is 59.2 Å². The third-order valence-electron chi connectivity index (χ3n) is 4.59. The van der Waals surface area contributed by atoms with Crippen molar-refractivity contribution in [2.75, 3.05) is 31.6 Å². The molecule has 0 radical (unpaired) electrons. The van der Waals surface area contributed by atoms with E-state index < -0.39 is 16.1 Å². The highest BCUT2D eigenvalue weighted by Crippen LogP contribution is 2.25. The summed E-state index contributed by atoms with van der Waals surface area (Å²) in [5.74, 6) is 0.315. The molecule has 2 aromatic carbocycles. The van der Waals surface area contributed by atoms with Gasteiger partial charge >= 0.3 is 10.2 Å². The zero-order valence-corrected chi connectivity index (χ0v) is 19.3. The first kappa shape index (κ1) is 23.7. The van der Waals surface area contributed by atoms with E-state index in [9.17, 15) is 13.2 Å². The molecule has 0 aromatic heterocycles. The van der Waals surface area contributed by atoms with Crippen molar-refractivity contribution in [2.45, 2.75) is 33.7 Å². The Kier molecular flexibility index (Phi) is 7.86. The smallest absolute Gasteiger partial charge is 0.304 e. The summed E-state index contributed by atoms with van der Waals surface area (Å²) in [4.78, 5) is 12.7. The minimum atomic E-state index is -3.85. The van der Waals surface area contributed by atoms with Crippen LogP contribution in [0.5, 0.6) is 5.75 Å². The second-order valence-corrected chi connectivity index (χ2v) is 9.75. The van der Waals surface area contributed by atoms with Gasteiger partial charge in [0.1, 0.15) is 18.9 Å². The van der Waals surface area contributed by atoms with E-state index in [0.717, 1.165) is 25.3 Å². The number of hydrogen-bond acceptors (Lipinski definition) is 4. The van der Waals surface area contributed by atoms with Gasteiger partial charge in [0, 0.05) is 14.1 Å². The highest BCUT2D eigenvalue weighted by molar-refractivity contribution is 7.90. The number of aryl methyl sites for hydroxylation is 3. The van der Waals surface area contributed by atoms with Crippen LogP contribution in [-0.4, -0.2) is 51.9 Å². The first-order valence-corrected chi connectivity index (χ1v) is 11.2. The molecule has 0 aliphatic carbocycles. The van der Waals surface area contributed by atoms with Crippen LogP contribution in [0.2, 0.25) is 0 Å². The van der Waals surface area contributed by atoms with Crippen LogP contribution in [-0.2, 0) is 15.0 Å². The molecule has 0 spiro atoms. The molecule has 1 atom stereocenters. The number of anilines is 1. The van der Waals surface area contributed by atoms with Crippen LogP contribution in [0.1, 0.15) is 23.6 Å². The first-order valence-electron chi connectivity index (χ1n) is 9.77. The second kappa shape index (κ2) is 9.95. The second-order valence-electron chi connectivity index (χ2n) is 7.68. The topological polar surface area (TPSA) is 79.0 Å². The molecule has 0 aliphatic heterocycles. The van der Waals surface area contributed by atoms with Gasteiger partial charge in [-0.15, -0.1) is 0 Å². The van der Waals surface area contributed by atoms with Crippen molar-refractivity contribution in [3.63, 3.8) is 0 Å². The van der Waals surface area contributed by atoms with Gasteiger partial charge in [-0.2, -0.15) is 12.7 Å². The fraction of sp³-hybridized carbons (Fsp3) is 0.409. The predicted molar refractivity (Wildman–Crippen MR) is 120 cm³/mol. The number of nitrogens with zero attached hydrogens (tertiary/aromatic N) is 2. The van der Waals surface area contributed by atoms with E-state index in [1.165, 1.54) is 14.1 Å². The summed E-state index contributed by atoms with van der Waals surface area (Å²) < 4.78 is 33.7. The molecule has 0 saturated heterocycles. The lowest BCUT2D eigenvalue weighted by Gasteiger charge is -2.29. The van der Waals surface area contributed by atoms with E-state index in [2.05, 4.69) is 5.32 Å². The highest BCUT2D eigenvalue weighted by Gasteiger charge is 2.28.